The highest BCUT2D eigenvalue weighted by Crippen LogP contribution is 2.30. The molecule has 0 aliphatic rings. The second kappa shape index (κ2) is 8.60. The first kappa shape index (κ1) is 19.4. The Balaban J connectivity index is 1.53. The summed E-state index contributed by atoms with van der Waals surface area (Å²) in [5.74, 6) is 0.705. The highest BCUT2D eigenvalue weighted by atomic mass is 19.1. The lowest BCUT2D eigenvalue weighted by molar-refractivity contribution is -0.116. The van der Waals surface area contributed by atoms with Crippen molar-refractivity contribution in [2.24, 2.45) is 0 Å². The van der Waals surface area contributed by atoms with Crippen LogP contribution in [0.4, 0.5) is 15.9 Å². The number of carbonyl (C=O) groups is 1. The van der Waals surface area contributed by atoms with Crippen LogP contribution in [0, 0.1) is 5.82 Å². The van der Waals surface area contributed by atoms with Gasteiger partial charge in [0.25, 0.3) is 0 Å². The zero-order valence-corrected chi connectivity index (χ0v) is 16.3. The number of fused-ring (bicyclic) bond motifs is 1. The average molecular weight is 405 g/mol. The van der Waals surface area contributed by atoms with Crippen molar-refractivity contribution < 1.29 is 13.9 Å². The molecule has 0 saturated heterocycles. The zero-order valence-electron chi connectivity index (χ0n) is 16.3. The van der Waals surface area contributed by atoms with E-state index in [2.05, 4.69) is 20.6 Å². The fraction of sp³-hybridized carbons (Fsp3) is 0.136. The van der Waals surface area contributed by atoms with Crippen LogP contribution in [0.15, 0.2) is 67.1 Å². The van der Waals surface area contributed by atoms with E-state index in [0.29, 0.717) is 12.2 Å². The van der Waals surface area contributed by atoms with Gasteiger partial charge in [-0.1, -0.05) is 24.3 Å². The lowest BCUT2D eigenvalue weighted by Crippen LogP contribution is -2.17. The van der Waals surface area contributed by atoms with Gasteiger partial charge in [-0.2, -0.15) is 0 Å². The molecule has 0 radical (unpaired) electrons. The van der Waals surface area contributed by atoms with E-state index in [0.717, 1.165) is 22.8 Å². The molecule has 4 rings (SSSR count). The first-order chi connectivity index (χ1) is 14.7. The molecule has 0 bridgehead atoms. The first-order valence-corrected chi connectivity index (χ1v) is 9.40. The molecule has 2 aromatic carbocycles. The van der Waals surface area contributed by atoms with Crippen LogP contribution in [-0.2, 0) is 4.79 Å². The largest absolute Gasteiger partial charge is 0.497 e. The molecule has 2 heterocycles. The van der Waals surface area contributed by atoms with Crippen LogP contribution in [0.1, 0.15) is 6.42 Å². The summed E-state index contributed by atoms with van der Waals surface area (Å²) in [7, 11) is 1.61. The van der Waals surface area contributed by atoms with Crippen LogP contribution in [-0.4, -0.2) is 33.9 Å². The van der Waals surface area contributed by atoms with Gasteiger partial charge in [-0.05, 0) is 24.3 Å². The molecule has 0 saturated carbocycles. The third-order valence-corrected chi connectivity index (χ3v) is 4.57. The Labute approximate surface area is 172 Å². The highest BCUT2D eigenvalue weighted by Gasteiger charge is 2.15. The van der Waals surface area contributed by atoms with Crippen molar-refractivity contribution in [1.29, 1.82) is 0 Å². The standard InChI is InChI=1S/C22H20FN5O2/c1-30-16-6-4-5-15(13-16)21-22(28-12-11-24-14-19(28)27-21)25-10-9-20(29)26-18-8-3-2-7-17(18)23/h2-8,11-14,25H,9-10H2,1H3,(H,26,29). The number of ether oxygens (including phenoxy) is 1. The number of carbonyl (C=O) groups excluding carboxylic acids is 1. The maximum atomic E-state index is 13.7. The number of imidazole rings is 1. The molecule has 0 fully saturated rings. The Morgan fingerprint density at radius 2 is 2.07 bits per heavy atom. The SMILES string of the molecule is COc1cccc(-c2nc3cnccn3c2NCCC(=O)Nc2ccccc2F)c1. The molecule has 0 spiro atoms. The molecular formula is C22H20FN5O2. The minimum Gasteiger partial charge on any atom is -0.497 e. The predicted octanol–water partition coefficient (Wildman–Crippen LogP) is 3.98. The van der Waals surface area contributed by atoms with Crippen LogP contribution in [0.2, 0.25) is 0 Å². The van der Waals surface area contributed by atoms with Crippen LogP contribution >= 0.6 is 0 Å². The minimum absolute atomic E-state index is 0.157. The maximum absolute atomic E-state index is 13.7. The normalized spacial score (nSPS) is 10.7. The highest BCUT2D eigenvalue weighted by molar-refractivity contribution is 5.91. The summed E-state index contributed by atoms with van der Waals surface area (Å²) in [6.45, 7) is 0.341. The topological polar surface area (TPSA) is 80.6 Å². The molecule has 0 aliphatic carbocycles. The van der Waals surface area contributed by atoms with E-state index in [1.165, 1.54) is 12.1 Å². The fourth-order valence-corrected chi connectivity index (χ4v) is 3.12. The van der Waals surface area contributed by atoms with E-state index in [9.17, 15) is 9.18 Å². The number of aromatic nitrogens is 3. The van der Waals surface area contributed by atoms with Gasteiger partial charge in [0.2, 0.25) is 5.91 Å². The summed E-state index contributed by atoms with van der Waals surface area (Å²) in [5, 5.41) is 5.87. The third kappa shape index (κ3) is 4.07. The van der Waals surface area contributed by atoms with Crippen molar-refractivity contribution in [2.75, 3.05) is 24.3 Å². The van der Waals surface area contributed by atoms with Crippen molar-refractivity contribution >= 4 is 23.1 Å². The van der Waals surface area contributed by atoms with Gasteiger partial charge in [0.15, 0.2) is 5.65 Å². The number of halogens is 1. The van der Waals surface area contributed by atoms with Gasteiger partial charge in [0.05, 0.1) is 19.0 Å². The molecule has 7 nitrogen and oxygen atoms in total. The number of amides is 1. The summed E-state index contributed by atoms with van der Waals surface area (Å²) in [4.78, 5) is 21.0. The second-order valence-electron chi connectivity index (χ2n) is 6.55. The Morgan fingerprint density at radius 3 is 2.90 bits per heavy atom. The van der Waals surface area contributed by atoms with Gasteiger partial charge in [0, 0.05) is 30.9 Å². The lowest BCUT2D eigenvalue weighted by atomic mass is 10.1. The average Bonchev–Trinajstić information content (AvgIpc) is 3.14. The number of hydrogen-bond acceptors (Lipinski definition) is 5. The number of hydrogen-bond donors (Lipinski definition) is 2. The van der Waals surface area contributed by atoms with Gasteiger partial charge in [-0.15, -0.1) is 0 Å². The second-order valence-corrected chi connectivity index (χ2v) is 6.55. The number of para-hydroxylation sites is 1. The molecule has 2 aromatic heterocycles. The number of nitrogens with zero attached hydrogens (tertiary/aromatic N) is 3. The third-order valence-electron chi connectivity index (χ3n) is 4.57. The zero-order chi connectivity index (χ0) is 20.9. The first-order valence-electron chi connectivity index (χ1n) is 9.40. The monoisotopic (exact) mass is 405 g/mol. The minimum atomic E-state index is -0.464. The van der Waals surface area contributed by atoms with Gasteiger partial charge in [-0.3, -0.25) is 14.2 Å². The summed E-state index contributed by atoms with van der Waals surface area (Å²) in [6.07, 6.45) is 5.29. The molecule has 8 heteroatoms. The molecular weight excluding hydrogens is 385 g/mol. The van der Waals surface area contributed by atoms with Crippen molar-refractivity contribution in [1.82, 2.24) is 14.4 Å². The van der Waals surface area contributed by atoms with Gasteiger partial charge in [0.1, 0.15) is 23.1 Å². The van der Waals surface area contributed by atoms with Crippen molar-refractivity contribution in [3.63, 3.8) is 0 Å². The number of benzene rings is 2. The molecule has 152 valence electrons. The predicted molar refractivity (Wildman–Crippen MR) is 113 cm³/mol. The Kier molecular flexibility index (Phi) is 5.56. The van der Waals surface area contributed by atoms with Crippen molar-refractivity contribution in [3.05, 3.63) is 72.9 Å². The van der Waals surface area contributed by atoms with E-state index in [4.69, 9.17) is 4.74 Å². The Morgan fingerprint density at radius 1 is 1.20 bits per heavy atom. The van der Waals surface area contributed by atoms with E-state index >= 15 is 0 Å². The fourth-order valence-electron chi connectivity index (χ4n) is 3.12. The van der Waals surface area contributed by atoms with E-state index < -0.39 is 5.82 Å². The van der Waals surface area contributed by atoms with Crippen molar-refractivity contribution in [2.45, 2.75) is 6.42 Å². The maximum Gasteiger partial charge on any atom is 0.226 e. The van der Waals surface area contributed by atoms with E-state index in [1.807, 2.05) is 28.7 Å². The molecule has 0 unspecified atom stereocenters. The molecule has 0 atom stereocenters. The van der Waals surface area contributed by atoms with Gasteiger partial charge < -0.3 is 15.4 Å². The quantitative estimate of drug-likeness (QED) is 0.486. The summed E-state index contributed by atoms with van der Waals surface area (Å²) >= 11 is 0. The van der Waals surface area contributed by atoms with E-state index in [1.54, 1.807) is 37.8 Å². The summed E-state index contributed by atoms with van der Waals surface area (Å²) in [5.41, 5.74) is 2.43. The molecule has 30 heavy (non-hydrogen) atoms. The molecule has 4 aromatic rings. The van der Waals surface area contributed by atoms with Gasteiger partial charge in [-0.25, -0.2) is 9.37 Å². The number of methoxy groups -OCH3 is 1. The molecule has 0 aliphatic heterocycles. The van der Waals surface area contributed by atoms with Crippen LogP contribution in [0.5, 0.6) is 5.75 Å². The lowest BCUT2D eigenvalue weighted by Gasteiger charge is -2.10. The smallest absolute Gasteiger partial charge is 0.226 e. The molecule has 2 N–H and O–H groups in total. The van der Waals surface area contributed by atoms with E-state index in [-0.39, 0.29) is 18.0 Å². The van der Waals surface area contributed by atoms with Crippen LogP contribution in [0.3, 0.4) is 0 Å². The number of anilines is 2. The molecule has 1 amide bonds. The number of rotatable bonds is 7. The van der Waals surface area contributed by atoms with Crippen molar-refractivity contribution in [3.8, 4) is 17.0 Å². The van der Waals surface area contributed by atoms with Crippen LogP contribution in [0.25, 0.3) is 16.9 Å². The Bertz CT molecular complexity index is 1190. The Hall–Kier alpha value is -3.94. The number of nitrogens with one attached hydrogen (secondary N) is 2. The van der Waals surface area contributed by atoms with Gasteiger partial charge >= 0.3 is 0 Å². The summed E-state index contributed by atoms with van der Waals surface area (Å²) in [6, 6.07) is 13.7. The van der Waals surface area contributed by atoms with Crippen LogP contribution < -0.4 is 15.4 Å². The summed E-state index contributed by atoms with van der Waals surface area (Å²) < 4.78 is 20.9.